The first-order chi connectivity index (χ1) is 52.2. The quantitative estimate of drug-likeness (QED) is 0.0153. The number of rotatable bonds is 63. The van der Waals surface area contributed by atoms with Gasteiger partial charge in [0.25, 0.3) is 0 Å². The molecular formula is C82H140O28. The van der Waals surface area contributed by atoms with Gasteiger partial charge in [-0.3, -0.25) is 43.2 Å². The average molecular weight is 1570 g/mol. The number of hydrogen-bond donors (Lipinski definition) is 14. The van der Waals surface area contributed by atoms with Crippen molar-refractivity contribution in [2.75, 3.05) is 0 Å². The van der Waals surface area contributed by atoms with Gasteiger partial charge in [-0.05, 0) is 148 Å². The third-order valence-electron chi connectivity index (χ3n) is 14.0. The highest BCUT2D eigenvalue weighted by atomic mass is 16.4. The SMILES string of the molecule is C=C.C=CC(=O)O.C=CC(=O)O.C=CCCCCCC(=O)O.C=CCCCCCC(=O)O.O=C(O)/C=C\CCCCCC(=O)O.O=C(O)/C=C\CCCCCCCC(=O)O.O=C(O)/C=C\CCCCCCCC(=O)O.O=C(O)CCCCC/C=C\CCCCCCCC(=O)O.O=C(O)CCCCCCCCCC(=O)O.[HH]. The van der Waals surface area contributed by atoms with Gasteiger partial charge < -0.3 is 71.5 Å². The van der Waals surface area contributed by atoms with E-state index in [1.165, 1.54) is 12.8 Å². The Morgan fingerprint density at radius 3 is 0.427 bits per heavy atom. The molecule has 0 aromatic heterocycles. The van der Waals surface area contributed by atoms with Crippen molar-refractivity contribution in [1.82, 2.24) is 0 Å². The molecule has 28 heteroatoms. The Hall–Kier alpha value is -9.76. The van der Waals surface area contributed by atoms with Gasteiger partial charge in [-0.2, -0.15) is 0 Å². The van der Waals surface area contributed by atoms with Gasteiger partial charge in [-0.1, -0.05) is 171 Å². The fourth-order valence-electron chi connectivity index (χ4n) is 8.34. The van der Waals surface area contributed by atoms with Crippen LogP contribution < -0.4 is 0 Å². The average Bonchev–Trinajstić information content (AvgIpc) is 1.96. The van der Waals surface area contributed by atoms with Gasteiger partial charge in [0.15, 0.2) is 0 Å². The number of aliphatic carboxylic acids is 14. The fraction of sp³-hybridized carbons (Fsp3) is 0.610. The highest BCUT2D eigenvalue weighted by molar-refractivity contribution is 5.81. The molecule has 0 atom stereocenters. The third-order valence-corrected chi connectivity index (χ3v) is 14.0. The summed E-state index contributed by atoms with van der Waals surface area (Å²) >= 11 is 0. The van der Waals surface area contributed by atoms with E-state index in [0.29, 0.717) is 32.1 Å². The van der Waals surface area contributed by atoms with Crippen LogP contribution in [-0.4, -0.2) is 155 Å². The normalized spacial score (nSPS) is 9.82. The van der Waals surface area contributed by atoms with E-state index in [-0.39, 0.29) is 40.0 Å². The zero-order chi connectivity index (χ0) is 85.9. The first-order valence-electron chi connectivity index (χ1n) is 37.9. The maximum Gasteiger partial charge on any atom is 0.327 e. The van der Waals surface area contributed by atoms with Crippen LogP contribution in [0.1, 0.15) is 322 Å². The molecule has 0 aliphatic carbocycles. The lowest BCUT2D eigenvalue weighted by Crippen LogP contribution is -1.94. The molecule has 110 heavy (non-hydrogen) atoms. The molecule has 28 nitrogen and oxygen atoms in total. The van der Waals surface area contributed by atoms with E-state index >= 15 is 0 Å². The minimum absolute atomic E-state index is 0. The smallest absolute Gasteiger partial charge is 0.327 e. The number of allylic oxidation sites excluding steroid dienone is 7. The molecule has 0 aromatic carbocycles. The molecule has 0 rings (SSSR count). The van der Waals surface area contributed by atoms with Crippen molar-refractivity contribution >= 4 is 83.6 Å². The van der Waals surface area contributed by atoms with Gasteiger partial charge in [0, 0.05) is 89.6 Å². The Kier molecular flexibility index (Phi) is 119. The number of carbonyl (C=O) groups is 14. The van der Waals surface area contributed by atoms with Crippen molar-refractivity contribution in [1.29, 1.82) is 0 Å². The topological polar surface area (TPSA) is 522 Å². The maximum atomic E-state index is 10.3. The maximum absolute atomic E-state index is 10.3. The Balaban J connectivity index is -0.000000115. The second-order valence-corrected chi connectivity index (χ2v) is 24.2. The Morgan fingerprint density at radius 1 is 0.182 bits per heavy atom. The van der Waals surface area contributed by atoms with Crippen LogP contribution in [0.2, 0.25) is 0 Å². The zero-order valence-electron chi connectivity index (χ0n) is 65.5. The summed E-state index contributed by atoms with van der Waals surface area (Å²) in [4.78, 5) is 140. The molecule has 0 unspecified atom stereocenters. The summed E-state index contributed by atoms with van der Waals surface area (Å²) < 4.78 is 0. The van der Waals surface area contributed by atoms with Crippen molar-refractivity contribution in [3.05, 3.63) is 112 Å². The highest BCUT2D eigenvalue weighted by Crippen LogP contribution is 2.13. The predicted molar refractivity (Wildman–Crippen MR) is 428 cm³/mol. The Morgan fingerprint density at radius 2 is 0.300 bits per heavy atom. The molecule has 0 aromatic rings. The van der Waals surface area contributed by atoms with E-state index in [9.17, 15) is 67.1 Å². The summed E-state index contributed by atoms with van der Waals surface area (Å²) in [7, 11) is 0. The van der Waals surface area contributed by atoms with Gasteiger partial charge in [-0.15, -0.1) is 26.3 Å². The van der Waals surface area contributed by atoms with Gasteiger partial charge in [-0.25, -0.2) is 24.0 Å². The Bertz CT molecular complexity index is 2370. The fourth-order valence-corrected chi connectivity index (χ4v) is 8.34. The summed E-state index contributed by atoms with van der Waals surface area (Å²) in [6, 6.07) is 0. The van der Waals surface area contributed by atoms with Crippen LogP contribution in [0.4, 0.5) is 0 Å². The number of carboxylic acids is 14. The minimum Gasteiger partial charge on any atom is -0.481 e. The lowest BCUT2D eigenvalue weighted by molar-refractivity contribution is -0.138. The lowest BCUT2D eigenvalue weighted by atomic mass is 10.1. The molecule has 0 saturated carbocycles. The van der Waals surface area contributed by atoms with Gasteiger partial charge in [0.05, 0.1) is 0 Å². The summed E-state index contributed by atoms with van der Waals surface area (Å²) in [5.41, 5.74) is 0. The van der Waals surface area contributed by atoms with Gasteiger partial charge in [0.2, 0.25) is 0 Å². The van der Waals surface area contributed by atoms with Gasteiger partial charge >= 0.3 is 83.6 Å². The molecule has 0 spiro atoms. The molecule has 0 saturated heterocycles. The van der Waals surface area contributed by atoms with E-state index in [1.807, 2.05) is 12.2 Å². The van der Waals surface area contributed by atoms with Crippen LogP contribution in [-0.2, 0) is 67.1 Å². The van der Waals surface area contributed by atoms with Crippen molar-refractivity contribution < 1.29 is 140 Å². The second-order valence-electron chi connectivity index (χ2n) is 24.2. The molecular weight excluding hydrogens is 1430 g/mol. The standard InChI is InChI=1S/C16H28O4.C11H20O4.2C11H18O4.C9H14O4.2C8H14O2.2C3H4O2.C2H4.H2/c17-15(18)13-11-9-7-5-3-1-2-4-6-8-10-12-14-16(19)20;3*12-10(13)8-6-4-2-1-3-5-7-9-11(14)15;10-8(11)6-4-2-1-3-5-7-9(12)13;2*1-2-3-4-5-6-7-8(9)10;2*1-2-3(4)5;1-2;/h1,3H,2,4-14H2,(H,17,18)(H,19,20);1-9H2,(H,12,13)(H,14,15);2*6,8H,1-5,7,9H2,(H,12,13)(H,14,15);4,6H,1-3,5,7H2,(H,10,11)(H,12,13);2*2H,1,3-7H2,(H,9,10);2*2H,1H2,(H,4,5);1-2H2;1H/b3-1-;;2*8-6-;6-4-;;;;;;. The molecule has 0 aliphatic heterocycles. The third kappa shape index (κ3) is 183. The molecule has 14 N–H and O–H groups in total. The van der Waals surface area contributed by atoms with Crippen molar-refractivity contribution in [2.45, 2.75) is 321 Å². The molecule has 0 aliphatic rings. The summed E-state index contributed by atoms with van der Waals surface area (Å²) in [6.07, 6.45) is 59.1. The minimum atomic E-state index is -0.981. The molecule has 636 valence electrons. The molecule has 0 radical (unpaired) electrons. The van der Waals surface area contributed by atoms with Crippen LogP contribution in [0.5, 0.6) is 0 Å². The van der Waals surface area contributed by atoms with E-state index in [1.54, 1.807) is 18.2 Å². The van der Waals surface area contributed by atoms with Crippen LogP contribution >= 0.6 is 0 Å². The monoisotopic (exact) mass is 1570 g/mol. The molecule has 0 amide bonds. The first-order valence-corrected chi connectivity index (χ1v) is 37.9. The predicted octanol–water partition coefficient (Wildman–Crippen LogP) is 19.6. The van der Waals surface area contributed by atoms with E-state index in [0.717, 1.165) is 268 Å². The summed E-state index contributed by atoms with van der Waals surface area (Å²) in [6.45, 7) is 19.1. The first kappa shape index (κ1) is 121. The summed E-state index contributed by atoms with van der Waals surface area (Å²) in [5.74, 6) is -11.2. The number of unbranched alkanes of at least 4 members (excludes halogenated alkanes) is 33. The molecule has 0 heterocycles. The largest absolute Gasteiger partial charge is 0.481 e. The Labute approximate surface area is 654 Å². The second kappa shape index (κ2) is 108. The van der Waals surface area contributed by atoms with E-state index in [4.69, 9.17) is 71.5 Å². The number of carboxylic acid groups (broad SMARTS) is 14. The van der Waals surface area contributed by atoms with E-state index < -0.39 is 83.6 Å². The van der Waals surface area contributed by atoms with Crippen LogP contribution in [0.25, 0.3) is 0 Å². The van der Waals surface area contributed by atoms with Crippen LogP contribution in [0.15, 0.2) is 112 Å². The molecule has 0 fully saturated rings. The summed E-state index contributed by atoms with van der Waals surface area (Å²) in [5, 5.41) is 115. The lowest BCUT2D eigenvalue weighted by Gasteiger charge is -1.99. The van der Waals surface area contributed by atoms with Gasteiger partial charge in [0.1, 0.15) is 0 Å². The van der Waals surface area contributed by atoms with Crippen LogP contribution in [0.3, 0.4) is 0 Å². The molecule has 0 bridgehead atoms. The highest BCUT2D eigenvalue weighted by Gasteiger charge is 2.03. The zero-order valence-corrected chi connectivity index (χ0v) is 65.5. The van der Waals surface area contributed by atoms with Crippen molar-refractivity contribution in [3.63, 3.8) is 0 Å². The number of hydrogen-bond acceptors (Lipinski definition) is 14. The van der Waals surface area contributed by atoms with E-state index in [2.05, 4.69) is 51.6 Å². The van der Waals surface area contributed by atoms with Crippen molar-refractivity contribution in [3.8, 4) is 0 Å². The van der Waals surface area contributed by atoms with Crippen LogP contribution in [0, 0.1) is 0 Å². The van der Waals surface area contributed by atoms with Crippen molar-refractivity contribution in [2.24, 2.45) is 0 Å².